The van der Waals surface area contributed by atoms with Crippen molar-refractivity contribution in [2.24, 2.45) is 0 Å². The van der Waals surface area contributed by atoms with Crippen LogP contribution in [0.25, 0.3) is 0 Å². The van der Waals surface area contributed by atoms with Crippen LogP contribution in [-0.4, -0.2) is 31.6 Å². The van der Waals surface area contributed by atoms with Crippen molar-refractivity contribution >= 4 is 5.91 Å². The number of carbonyl (C=O) groups excluding carboxylic acids is 1. The lowest BCUT2D eigenvalue weighted by molar-refractivity contribution is -0.130. The van der Waals surface area contributed by atoms with Crippen LogP contribution in [0.4, 0.5) is 0 Å². The fourth-order valence-electron chi connectivity index (χ4n) is 2.57. The van der Waals surface area contributed by atoms with Crippen molar-refractivity contribution in [1.29, 1.82) is 0 Å². The van der Waals surface area contributed by atoms with Gasteiger partial charge in [0.2, 0.25) is 5.91 Å². The molecule has 0 aliphatic rings. The summed E-state index contributed by atoms with van der Waals surface area (Å²) in [4.78, 5) is 14.4. The molecule has 0 atom stereocenters. The summed E-state index contributed by atoms with van der Waals surface area (Å²) in [6.45, 7) is 5.26. The molecule has 0 bridgehead atoms. The number of likely N-dealkylation sites (N-methyl/N-ethyl adjacent to an activating group) is 1. The maximum Gasteiger partial charge on any atom is 0.227 e. The van der Waals surface area contributed by atoms with Gasteiger partial charge in [0.15, 0.2) is 11.5 Å². The van der Waals surface area contributed by atoms with Crippen LogP contribution in [0.5, 0.6) is 11.5 Å². The Labute approximate surface area is 144 Å². The van der Waals surface area contributed by atoms with E-state index in [9.17, 15) is 4.79 Å². The summed E-state index contributed by atoms with van der Waals surface area (Å²) in [5, 5.41) is 0. The standard InChI is InChI=1S/C20H25NO3/c1-5-21(20(22)13-16-8-6-15(2)7-9-16)14-17-10-11-18(23-3)19(12-17)24-4/h6-12H,5,13-14H2,1-4H3. The summed E-state index contributed by atoms with van der Waals surface area (Å²) < 4.78 is 10.6. The molecule has 0 saturated heterocycles. The normalized spacial score (nSPS) is 10.3. The zero-order valence-electron chi connectivity index (χ0n) is 14.8. The predicted octanol–water partition coefficient (Wildman–Crippen LogP) is 3.60. The molecule has 2 rings (SSSR count). The monoisotopic (exact) mass is 327 g/mol. The Morgan fingerprint density at radius 2 is 1.58 bits per heavy atom. The molecule has 0 aliphatic heterocycles. The molecule has 4 heteroatoms. The number of nitrogens with zero attached hydrogens (tertiary/aromatic N) is 1. The lowest BCUT2D eigenvalue weighted by Gasteiger charge is -2.22. The number of hydrogen-bond acceptors (Lipinski definition) is 3. The highest BCUT2D eigenvalue weighted by Gasteiger charge is 2.14. The molecule has 1 amide bonds. The molecule has 2 aromatic rings. The SMILES string of the molecule is CCN(Cc1ccc(OC)c(OC)c1)C(=O)Cc1ccc(C)cc1. The number of aryl methyl sites for hydroxylation is 1. The molecular formula is C20H25NO3. The van der Waals surface area contributed by atoms with Crippen molar-refractivity contribution in [2.75, 3.05) is 20.8 Å². The molecule has 0 unspecified atom stereocenters. The highest BCUT2D eigenvalue weighted by molar-refractivity contribution is 5.78. The Morgan fingerprint density at radius 3 is 2.17 bits per heavy atom. The summed E-state index contributed by atoms with van der Waals surface area (Å²) in [5.74, 6) is 1.49. The number of rotatable bonds is 7. The zero-order valence-corrected chi connectivity index (χ0v) is 14.8. The van der Waals surface area contributed by atoms with Gasteiger partial charge in [-0.25, -0.2) is 0 Å². The van der Waals surface area contributed by atoms with Gasteiger partial charge in [0.25, 0.3) is 0 Å². The number of hydrogen-bond donors (Lipinski definition) is 0. The van der Waals surface area contributed by atoms with E-state index >= 15 is 0 Å². The minimum Gasteiger partial charge on any atom is -0.493 e. The van der Waals surface area contributed by atoms with Crippen molar-refractivity contribution in [2.45, 2.75) is 26.8 Å². The number of carbonyl (C=O) groups is 1. The number of benzene rings is 2. The molecule has 2 aromatic carbocycles. The molecule has 0 fully saturated rings. The van der Waals surface area contributed by atoms with E-state index in [-0.39, 0.29) is 5.91 Å². The topological polar surface area (TPSA) is 38.8 Å². The lowest BCUT2D eigenvalue weighted by Crippen LogP contribution is -2.31. The molecule has 0 radical (unpaired) electrons. The van der Waals surface area contributed by atoms with Crippen LogP contribution in [0.2, 0.25) is 0 Å². The summed E-state index contributed by atoms with van der Waals surface area (Å²) in [6, 6.07) is 13.8. The van der Waals surface area contributed by atoms with Crippen molar-refractivity contribution in [3.8, 4) is 11.5 Å². The second-order valence-corrected chi connectivity index (χ2v) is 5.76. The maximum atomic E-state index is 12.6. The average molecular weight is 327 g/mol. The number of ether oxygens (including phenoxy) is 2. The van der Waals surface area contributed by atoms with Crippen LogP contribution >= 0.6 is 0 Å². The van der Waals surface area contributed by atoms with Crippen molar-refractivity contribution in [1.82, 2.24) is 4.90 Å². The number of amides is 1. The van der Waals surface area contributed by atoms with Crippen molar-refractivity contribution in [3.05, 3.63) is 59.2 Å². The molecule has 128 valence electrons. The van der Waals surface area contributed by atoms with Gasteiger partial charge in [-0.1, -0.05) is 35.9 Å². The van der Waals surface area contributed by atoms with Crippen LogP contribution < -0.4 is 9.47 Å². The molecule has 0 N–H and O–H groups in total. The van der Waals surface area contributed by atoms with E-state index in [0.29, 0.717) is 31.0 Å². The molecule has 0 aliphatic carbocycles. The third kappa shape index (κ3) is 4.51. The van der Waals surface area contributed by atoms with Gasteiger partial charge >= 0.3 is 0 Å². The Kier molecular flexibility index (Phi) is 6.24. The number of methoxy groups -OCH3 is 2. The molecule has 24 heavy (non-hydrogen) atoms. The van der Waals surface area contributed by atoms with Crippen molar-refractivity contribution in [3.63, 3.8) is 0 Å². The summed E-state index contributed by atoms with van der Waals surface area (Å²) >= 11 is 0. The predicted molar refractivity (Wildman–Crippen MR) is 95.5 cm³/mol. The smallest absolute Gasteiger partial charge is 0.227 e. The highest BCUT2D eigenvalue weighted by atomic mass is 16.5. The first-order valence-electron chi connectivity index (χ1n) is 8.11. The first-order chi connectivity index (χ1) is 11.6. The summed E-state index contributed by atoms with van der Waals surface area (Å²) in [6.07, 6.45) is 0.418. The second-order valence-electron chi connectivity index (χ2n) is 5.76. The Morgan fingerprint density at radius 1 is 0.958 bits per heavy atom. The minimum absolute atomic E-state index is 0.121. The quantitative estimate of drug-likeness (QED) is 0.780. The van der Waals surface area contributed by atoms with Crippen molar-refractivity contribution < 1.29 is 14.3 Å². The van der Waals surface area contributed by atoms with E-state index in [4.69, 9.17) is 9.47 Å². The summed E-state index contributed by atoms with van der Waals surface area (Å²) in [5.41, 5.74) is 3.26. The van der Waals surface area contributed by atoms with Crippen LogP contribution in [0.15, 0.2) is 42.5 Å². The van der Waals surface area contributed by atoms with E-state index in [1.54, 1.807) is 14.2 Å². The van der Waals surface area contributed by atoms with Gasteiger partial charge in [0.05, 0.1) is 20.6 Å². The largest absolute Gasteiger partial charge is 0.493 e. The zero-order chi connectivity index (χ0) is 17.5. The highest BCUT2D eigenvalue weighted by Crippen LogP contribution is 2.28. The van der Waals surface area contributed by atoms with Gasteiger partial charge in [-0.3, -0.25) is 4.79 Å². The first kappa shape index (κ1) is 17.9. The molecule has 4 nitrogen and oxygen atoms in total. The Balaban J connectivity index is 2.08. The van der Waals surface area contributed by atoms with E-state index in [1.807, 2.05) is 61.2 Å². The van der Waals surface area contributed by atoms with Gasteiger partial charge < -0.3 is 14.4 Å². The van der Waals surface area contributed by atoms with Gasteiger partial charge in [-0.05, 0) is 37.1 Å². The third-order valence-electron chi connectivity index (χ3n) is 4.03. The molecular weight excluding hydrogens is 302 g/mol. The van der Waals surface area contributed by atoms with Gasteiger partial charge in [0.1, 0.15) is 0 Å². The Bertz CT molecular complexity index is 680. The van der Waals surface area contributed by atoms with Gasteiger partial charge in [0, 0.05) is 13.1 Å². The molecule has 0 aromatic heterocycles. The Hall–Kier alpha value is -2.49. The summed E-state index contributed by atoms with van der Waals surface area (Å²) in [7, 11) is 3.22. The van der Waals surface area contributed by atoms with Gasteiger partial charge in [-0.2, -0.15) is 0 Å². The molecule has 0 spiro atoms. The van der Waals surface area contributed by atoms with Crippen LogP contribution in [0.1, 0.15) is 23.6 Å². The fourth-order valence-corrected chi connectivity index (χ4v) is 2.57. The average Bonchev–Trinajstić information content (AvgIpc) is 2.61. The van der Waals surface area contributed by atoms with Gasteiger partial charge in [-0.15, -0.1) is 0 Å². The fraction of sp³-hybridized carbons (Fsp3) is 0.350. The third-order valence-corrected chi connectivity index (χ3v) is 4.03. The van der Waals surface area contributed by atoms with Crippen LogP contribution in [-0.2, 0) is 17.8 Å². The van der Waals surface area contributed by atoms with E-state index in [0.717, 1.165) is 11.1 Å². The first-order valence-corrected chi connectivity index (χ1v) is 8.11. The van der Waals surface area contributed by atoms with Crippen LogP contribution in [0.3, 0.4) is 0 Å². The lowest BCUT2D eigenvalue weighted by atomic mass is 10.1. The van der Waals surface area contributed by atoms with E-state index in [2.05, 4.69) is 0 Å². The maximum absolute atomic E-state index is 12.6. The second kappa shape index (κ2) is 8.39. The van der Waals surface area contributed by atoms with E-state index in [1.165, 1.54) is 5.56 Å². The molecule has 0 saturated carbocycles. The minimum atomic E-state index is 0.121. The van der Waals surface area contributed by atoms with Crippen LogP contribution in [0, 0.1) is 6.92 Å². The molecule has 0 heterocycles. The van der Waals surface area contributed by atoms with E-state index < -0.39 is 0 Å².